The Balaban J connectivity index is 1.68. The van der Waals surface area contributed by atoms with Gasteiger partial charge in [0.15, 0.2) is 5.82 Å². The van der Waals surface area contributed by atoms with E-state index in [4.69, 9.17) is 16.1 Å². The maximum absolute atomic E-state index is 12.3. The van der Waals surface area contributed by atoms with Gasteiger partial charge >= 0.3 is 0 Å². The molecule has 1 saturated heterocycles. The number of nitrogens with zero attached hydrogens (tertiary/aromatic N) is 3. The monoisotopic (exact) mass is 321 g/mol. The van der Waals surface area contributed by atoms with Gasteiger partial charge in [0, 0.05) is 10.6 Å². The Hall–Kier alpha value is -1.92. The molecule has 2 aromatic rings. The third-order valence-corrected chi connectivity index (χ3v) is 3.91. The first-order chi connectivity index (χ1) is 10.6. The number of quaternary nitrogens is 1. The summed E-state index contributed by atoms with van der Waals surface area (Å²) in [5.74, 6) is 0.825. The molecule has 0 spiro atoms. The Labute approximate surface area is 133 Å². The zero-order valence-corrected chi connectivity index (χ0v) is 13.1. The summed E-state index contributed by atoms with van der Waals surface area (Å²) in [5, 5.41) is 6.74. The predicted molar refractivity (Wildman–Crippen MR) is 81.3 cm³/mol. The highest BCUT2D eigenvalue weighted by Gasteiger charge is 2.24. The van der Waals surface area contributed by atoms with Gasteiger partial charge in [-0.1, -0.05) is 22.8 Å². The molecule has 1 fully saturated rings. The van der Waals surface area contributed by atoms with Crippen LogP contribution in [0.5, 0.6) is 0 Å². The fourth-order valence-corrected chi connectivity index (χ4v) is 2.76. The molecule has 0 radical (unpaired) electrons. The van der Waals surface area contributed by atoms with Crippen molar-refractivity contribution in [2.75, 3.05) is 19.6 Å². The first-order valence-corrected chi connectivity index (χ1v) is 7.69. The molecule has 1 aliphatic rings. The summed E-state index contributed by atoms with van der Waals surface area (Å²) in [4.78, 5) is 18.4. The molecule has 0 saturated carbocycles. The van der Waals surface area contributed by atoms with Crippen molar-refractivity contribution in [1.29, 1.82) is 0 Å². The lowest BCUT2D eigenvalue weighted by molar-refractivity contribution is -0.693. The van der Waals surface area contributed by atoms with E-state index in [0.717, 1.165) is 25.2 Å². The van der Waals surface area contributed by atoms with Crippen molar-refractivity contribution in [2.24, 2.45) is 0 Å². The lowest BCUT2D eigenvalue weighted by Gasteiger charge is -2.29. The standard InChI is InChI=1S/C15H17ClN4O2/c1-10-9-20(6-5-17-10)14(21)8-13-18-15(22-19-13)11-3-2-4-12(16)7-11/h2-4,7,10,17H,5-6,8-9H2,1H3/p+1/t10-/m1/s1. The van der Waals surface area contributed by atoms with E-state index in [9.17, 15) is 4.79 Å². The predicted octanol–water partition coefficient (Wildman–Crippen LogP) is 0.727. The van der Waals surface area contributed by atoms with Crippen LogP contribution in [0.1, 0.15) is 12.7 Å². The Morgan fingerprint density at radius 1 is 1.55 bits per heavy atom. The molecule has 22 heavy (non-hydrogen) atoms. The average molecular weight is 322 g/mol. The van der Waals surface area contributed by atoms with E-state index in [1.54, 1.807) is 12.1 Å². The van der Waals surface area contributed by atoms with E-state index in [0.29, 0.717) is 22.8 Å². The van der Waals surface area contributed by atoms with Gasteiger partial charge in [0.05, 0.1) is 26.1 Å². The molecule has 1 aliphatic heterocycles. The topological polar surface area (TPSA) is 75.8 Å². The van der Waals surface area contributed by atoms with Crippen molar-refractivity contribution in [3.05, 3.63) is 35.1 Å². The highest BCUT2D eigenvalue weighted by molar-refractivity contribution is 6.30. The number of hydrogen-bond donors (Lipinski definition) is 1. The van der Waals surface area contributed by atoms with Crippen molar-refractivity contribution in [3.8, 4) is 11.5 Å². The van der Waals surface area contributed by atoms with Crippen LogP contribution in [-0.2, 0) is 11.2 Å². The molecule has 1 aromatic carbocycles. The van der Waals surface area contributed by atoms with Gasteiger partial charge in [0.2, 0.25) is 5.91 Å². The lowest BCUT2D eigenvalue weighted by atomic mass is 10.2. The van der Waals surface area contributed by atoms with Crippen LogP contribution in [0.25, 0.3) is 11.5 Å². The Morgan fingerprint density at radius 3 is 3.18 bits per heavy atom. The molecule has 0 unspecified atom stereocenters. The smallest absolute Gasteiger partial charge is 0.257 e. The van der Waals surface area contributed by atoms with Crippen LogP contribution in [0.2, 0.25) is 5.02 Å². The Kier molecular flexibility index (Phi) is 4.40. The second kappa shape index (κ2) is 6.46. The number of halogens is 1. The van der Waals surface area contributed by atoms with Gasteiger partial charge in [-0.25, -0.2) is 0 Å². The quantitative estimate of drug-likeness (QED) is 0.904. The van der Waals surface area contributed by atoms with Crippen LogP contribution in [0.3, 0.4) is 0 Å². The third-order valence-electron chi connectivity index (χ3n) is 3.68. The molecular weight excluding hydrogens is 304 g/mol. The zero-order chi connectivity index (χ0) is 15.5. The van der Waals surface area contributed by atoms with E-state index in [-0.39, 0.29) is 12.3 Å². The molecule has 6 nitrogen and oxygen atoms in total. The number of piperazine rings is 1. The van der Waals surface area contributed by atoms with Crippen LogP contribution in [0, 0.1) is 0 Å². The van der Waals surface area contributed by atoms with Crippen LogP contribution < -0.4 is 5.32 Å². The molecule has 0 bridgehead atoms. The lowest BCUT2D eigenvalue weighted by Crippen LogP contribution is -2.94. The van der Waals surface area contributed by atoms with E-state index in [1.807, 2.05) is 17.0 Å². The van der Waals surface area contributed by atoms with Crippen molar-refractivity contribution >= 4 is 17.5 Å². The van der Waals surface area contributed by atoms with Gasteiger partial charge in [-0.15, -0.1) is 0 Å². The van der Waals surface area contributed by atoms with Crippen molar-refractivity contribution in [3.63, 3.8) is 0 Å². The summed E-state index contributed by atoms with van der Waals surface area (Å²) in [7, 11) is 0. The summed E-state index contributed by atoms with van der Waals surface area (Å²) in [6, 6.07) is 7.62. The summed E-state index contributed by atoms with van der Waals surface area (Å²) < 4.78 is 5.22. The molecule has 1 atom stereocenters. The number of aromatic nitrogens is 2. The number of amides is 1. The minimum absolute atomic E-state index is 0.0402. The van der Waals surface area contributed by atoms with E-state index in [2.05, 4.69) is 22.4 Å². The second-order valence-electron chi connectivity index (χ2n) is 5.54. The maximum Gasteiger partial charge on any atom is 0.257 e. The van der Waals surface area contributed by atoms with Crippen molar-refractivity contribution in [1.82, 2.24) is 15.0 Å². The van der Waals surface area contributed by atoms with Crippen LogP contribution in [0.4, 0.5) is 0 Å². The maximum atomic E-state index is 12.3. The zero-order valence-electron chi connectivity index (χ0n) is 12.3. The second-order valence-corrected chi connectivity index (χ2v) is 5.98. The number of nitrogens with two attached hydrogens (primary N) is 1. The number of rotatable bonds is 3. The number of carbonyl (C=O) groups excluding carboxylic acids is 1. The molecule has 3 rings (SSSR count). The van der Waals surface area contributed by atoms with Crippen LogP contribution in [-0.4, -0.2) is 46.6 Å². The SMILES string of the molecule is C[C@@H]1CN(C(=O)Cc2noc(-c3cccc(Cl)c3)n2)CC[NH2+]1. The van der Waals surface area contributed by atoms with Gasteiger partial charge in [-0.05, 0) is 25.1 Å². The summed E-state index contributed by atoms with van der Waals surface area (Å²) in [5.41, 5.74) is 0.750. The molecule has 7 heteroatoms. The normalized spacial score (nSPS) is 18.5. The Bertz CT molecular complexity index is 673. The largest absolute Gasteiger partial charge is 0.341 e. The van der Waals surface area contributed by atoms with Crippen LogP contribution >= 0.6 is 11.6 Å². The number of carbonyl (C=O) groups is 1. The summed E-state index contributed by atoms with van der Waals surface area (Å²) >= 11 is 5.95. The van der Waals surface area contributed by atoms with Crippen LogP contribution in [0.15, 0.2) is 28.8 Å². The molecule has 2 heterocycles. The highest BCUT2D eigenvalue weighted by atomic mass is 35.5. The average Bonchev–Trinajstić information content (AvgIpc) is 2.96. The van der Waals surface area contributed by atoms with Crippen molar-refractivity contribution < 1.29 is 14.6 Å². The van der Waals surface area contributed by atoms with Gasteiger partial charge in [-0.2, -0.15) is 4.98 Å². The molecule has 1 amide bonds. The fraction of sp³-hybridized carbons (Fsp3) is 0.400. The molecular formula is C15H18ClN4O2+. The molecule has 1 aromatic heterocycles. The van der Waals surface area contributed by atoms with Gasteiger partial charge in [-0.3, -0.25) is 4.79 Å². The minimum atomic E-state index is 0.0402. The highest BCUT2D eigenvalue weighted by Crippen LogP contribution is 2.21. The Morgan fingerprint density at radius 2 is 2.41 bits per heavy atom. The van der Waals surface area contributed by atoms with E-state index >= 15 is 0 Å². The fourth-order valence-electron chi connectivity index (χ4n) is 2.57. The number of hydrogen-bond acceptors (Lipinski definition) is 4. The van der Waals surface area contributed by atoms with Gasteiger partial charge < -0.3 is 14.7 Å². The first kappa shape index (κ1) is 15.0. The molecule has 0 aliphatic carbocycles. The van der Waals surface area contributed by atoms with E-state index in [1.165, 1.54) is 0 Å². The minimum Gasteiger partial charge on any atom is -0.341 e. The summed E-state index contributed by atoms with van der Waals surface area (Å²) in [6.45, 7) is 4.58. The van der Waals surface area contributed by atoms with E-state index < -0.39 is 0 Å². The molecule has 2 N–H and O–H groups in total. The van der Waals surface area contributed by atoms with Crippen molar-refractivity contribution in [2.45, 2.75) is 19.4 Å². The van der Waals surface area contributed by atoms with Gasteiger partial charge in [0.1, 0.15) is 6.04 Å². The third kappa shape index (κ3) is 3.45. The molecule has 116 valence electrons. The summed E-state index contributed by atoms with van der Waals surface area (Å²) in [6.07, 6.45) is 0.163. The first-order valence-electron chi connectivity index (χ1n) is 7.31. The number of benzene rings is 1. The van der Waals surface area contributed by atoms with Gasteiger partial charge in [0.25, 0.3) is 5.89 Å².